The van der Waals surface area contributed by atoms with E-state index < -0.39 is 0 Å². The van der Waals surface area contributed by atoms with Crippen LogP contribution in [0.15, 0.2) is 12.1 Å². The van der Waals surface area contributed by atoms with Crippen LogP contribution >= 0.6 is 0 Å². The summed E-state index contributed by atoms with van der Waals surface area (Å²) in [6, 6.07) is 3.94. The second-order valence-electron chi connectivity index (χ2n) is 5.06. The molecule has 0 saturated heterocycles. The summed E-state index contributed by atoms with van der Waals surface area (Å²) in [5.74, 6) is 1.50. The van der Waals surface area contributed by atoms with Crippen LogP contribution in [0.25, 0.3) is 0 Å². The number of rotatable bonds is 4. The summed E-state index contributed by atoms with van der Waals surface area (Å²) in [6.07, 6.45) is 0. The average Bonchev–Trinajstić information content (AvgIpc) is 2.17. The molecule has 1 N–H and O–H groups in total. The Morgan fingerprint density at radius 2 is 1.93 bits per heavy atom. The molecule has 0 atom stereocenters. The van der Waals surface area contributed by atoms with Gasteiger partial charge in [-0.1, -0.05) is 27.7 Å². The Morgan fingerprint density at radius 1 is 1.27 bits per heavy atom. The third-order valence-electron chi connectivity index (χ3n) is 3.09. The lowest BCUT2D eigenvalue weighted by molar-refractivity contribution is 0.269. The van der Waals surface area contributed by atoms with Crippen LogP contribution in [0.4, 0.5) is 5.82 Å². The lowest BCUT2D eigenvalue weighted by atomic mass is 9.81. The smallest absolute Gasteiger partial charge is 0.148 e. The number of aromatic nitrogens is 2. The summed E-state index contributed by atoms with van der Waals surface area (Å²) in [6.45, 7) is 11.8. The summed E-state index contributed by atoms with van der Waals surface area (Å²) in [7, 11) is 0. The molecule has 3 heteroatoms. The molecule has 15 heavy (non-hydrogen) atoms. The summed E-state index contributed by atoms with van der Waals surface area (Å²) in [4.78, 5) is 0. The molecule has 1 aromatic heterocycles. The molecule has 84 valence electrons. The van der Waals surface area contributed by atoms with Crippen molar-refractivity contribution < 1.29 is 0 Å². The van der Waals surface area contributed by atoms with Gasteiger partial charge in [0, 0.05) is 6.54 Å². The number of hydrogen-bond donors (Lipinski definition) is 1. The van der Waals surface area contributed by atoms with Gasteiger partial charge in [-0.3, -0.25) is 0 Å². The average molecular weight is 207 g/mol. The Kier molecular flexibility index (Phi) is 3.66. The van der Waals surface area contributed by atoms with E-state index in [-0.39, 0.29) is 5.41 Å². The first kappa shape index (κ1) is 12.0. The molecule has 0 aliphatic carbocycles. The van der Waals surface area contributed by atoms with Crippen molar-refractivity contribution >= 4 is 5.82 Å². The third-order valence-corrected chi connectivity index (χ3v) is 3.09. The van der Waals surface area contributed by atoms with Crippen LogP contribution in [-0.2, 0) is 0 Å². The number of anilines is 1. The van der Waals surface area contributed by atoms with Crippen LogP contribution in [0.5, 0.6) is 0 Å². The zero-order valence-electron chi connectivity index (χ0n) is 10.3. The van der Waals surface area contributed by atoms with Crippen molar-refractivity contribution in [3.05, 3.63) is 17.8 Å². The zero-order chi connectivity index (χ0) is 11.5. The van der Waals surface area contributed by atoms with E-state index in [2.05, 4.69) is 43.2 Å². The van der Waals surface area contributed by atoms with Crippen LogP contribution in [0.3, 0.4) is 0 Å². The molecular formula is C12H21N3. The van der Waals surface area contributed by atoms with E-state index in [4.69, 9.17) is 0 Å². The molecule has 0 aromatic carbocycles. The topological polar surface area (TPSA) is 37.8 Å². The highest BCUT2D eigenvalue weighted by Crippen LogP contribution is 2.25. The van der Waals surface area contributed by atoms with Gasteiger partial charge in [0.05, 0.1) is 5.69 Å². The minimum absolute atomic E-state index is 0.270. The number of nitrogens with one attached hydrogen (secondary N) is 1. The molecule has 1 heterocycles. The standard InChI is InChI=1S/C12H21N3/c1-9(2)12(4,5)8-13-11-7-6-10(3)14-15-11/h6-7,9H,8H2,1-5H3,(H,13,15). The quantitative estimate of drug-likeness (QED) is 0.825. The van der Waals surface area contributed by atoms with E-state index in [1.165, 1.54) is 0 Å². The maximum Gasteiger partial charge on any atom is 0.148 e. The molecule has 0 amide bonds. The van der Waals surface area contributed by atoms with E-state index in [9.17, 15) is 0 Å². The molecule has 3 nitrogen and oxygen atoms in total. The highest BCUT2D eigenvalue weighted by molar-refractivity contribution is 5.32. The van der Waals surface area contributed by atoms with Gasteiger partial charge >= 0.3 is 0 Å². The van der Waals surface area contributed by atoms with Gasteiger partial charge in [0.15, 0.2) is 0 Å². The molecule has 0 aliphatic heterocycles. The molecule has 0 bridgehead atoms. The fourth-order valence-corrected chi connectivity index (χ4v) is 1.02. The number of nitrogens with zero attached hydrogens (tertiary/aromatic N) is 2. The van der Waals surface area contributed by atoms with Crippen LogP contribution in [0.1, 0.15) is 33.4 Å². The minimum Gasteiger partial charge on any atom is -0.368 e. The van der Waals surface area contributed by atoms with Gasteiger partial charge in [-0.2, -0.15) is 5.10 Å². The van der Waals surface area contributed by atoms with Crippen molar-refractivity contribution in [3.8, 4) is 0 Å². The Labute approximate surface area is 92.3 Å². The van der Waals surface area contributed by atoms with Gasteiger partial charge < -0.3 is 5.32 Å². The number of aryl methyl sites for hydroxylation is 1. The van der Waals surface area contributed by atoms with Gasteiger partial charge in [-0.15, -0.1) is 5.10 Å². The Bertz CT molecular complexity index is 301. The van der Waals surface area contributed by atoms with E-state index in [1.807, 2.05) is 19.1 Å². The molecular weight excluding hydrogens is 186 g/mol. The molecule has 0 radical (unpaired) electrons. The van der Waals surface area contributed by atoms with E-state index >= 15 is 0 Å². The first-order valence-electron chi connectivity index (χ1n) is 5.46. The zero-order valence-corrected chi connectivity index (χ0v) is 10.3. The third kappa shape index (κ3) is 3.50. The maximum absolute atomic E-state index is 4.08. The summed E-state index contributed by atoms with van der Waals surface area (Å²) in [5.41, 5.74) is 1.22. The highest BCUT2D eigenvalue weighted by Gasteiger charge is 2.21. The Balaban J connectivity index is 2.54. The largest absolute Gasteiger partial charge is 0.368 e. The summed E-state index contributed by atoms with van der Waals surface area (Å²) in [5, 5.41) is 11.4. The highest BCUT2D eigenvalue weighted by atomic mass is 15.2. The first-order chi connectivity index (χ1) is 6.92. The van der Waals surface area contributed by atoms with Crippen molar-refractivity contribution in [2.45, 2.75) is 34.6 Å². The Morgan fingerprint density at radius 3 is 2.40 bits per heavy atom. The van der Waals surface area contributed by atoms with Gasteiger partial charge in [0.25, 0.3) is 0 Å². The second kappa shape index (κ2) is 4.60. The maximum atomic E-state index is 4.08. The lowest BCUT2D eigenvalue weighted by Gasteiger charge is -2.29. The van der Waals surface area contributed by atoms with Crippen molar-refractivity contribution in [3.63, 3.8) is 0 Å². The normalized spacial score (nSPS) is 11.9. The molecule has 0 saturated carbocycles. The summed E-state index contributed by atoms with van der Waals surface area (Å²) < 4.78 is 0. The van der Waals surface area contributed by atoms with E-state index in [0.717, 1.165) is 18.1 Å². The predicted molar refractivity (Wildman–Crippen MR) is 63.9 cm³/mol. The second-order valence-corrected chi connectivity index (χ2v) is 5.06. The molecule has 0 fully saturated rings. The van der Waals surface area contributed by atoms with Gasteiger partial charge in [-0.05, 0) is 30.4 Å². The van der Waals surface area contributed by atoms with Crippen LogP contribution in [-0.4, -0.2) is 16.7 Å². The predicted octanol–water partition coefficient (Wildman–Crippen LogP) is 2.88. The lowest BCUT2D eigenvalue weighted by Crippen LogP contribution is -2.28. The molecule has 1 rings (SSSR count). The molecule has 1 aromatic rings. The molecule has 0 spiro atoms. The minimum atomic E-state index is 0.270. The van der Waals surface area contributed by atoms with E-state index in [0.29, 0.717) is 5.92 Å². The van der Waals surface area contributed by atoms with Crippen LogP contribution in [0, 0.1) is 18.3 Å². The van der Waals surface area contributed by atoms with Gasteiger partial charge in [-0.25, -0.2) is 0 Å². The van der Waals surface area contributed by atoms with Crippen molar-refractivity contribution in [1.82, 2.24) is 10.2 Å². The fourth-order valence-electron chi connectivity index (χ4n) is 1.02. The van der Waals surface area contributed by atoms with Gasteiger partial charge in [0.1, 0.15) is 5.82 Å². The van der Waals surface area contributed by atoms with Crippen molar-refractivity contribution in [1.29, 1.82) is 0 Å². The van der Waals surface area contributed by atoms with Crippen molar-refractivity contribution in [2.75, 3.05) is 11.9 Å². The van der Waals surface area contributed by atoms with Crippen LogP contribution in [0.2, 0.25) is 0 Å². The molecule has 0 aliphatic rings. The molecule has 0 unspecified atom stereocenters. The summed E-state index contributed by atoms with van der Waals surface area (Å²) >= 11 is 0. The van der Waals surface area contributed by atoms with E-state index in [1.54, 1.807) is 0 Å². The SMILES string of the molecule is Cc1ccc(NCC(C)(C)C(C)C)nn1. The Hall–Kier alpha value is -1.12. The van der Waals surface area contributed by atoms with Crippen LogP contribution < -0.4 is 5.32 Å². The fraction of sp³-hybridized carbons (Fsp3) is 0.667. The number of hydrogen-bond acceptors (Lipinski definition) is 3. The first-order valence-corrected chi connectivity index (χ1v) is 5.46. The monoisotopic (exact) mass is 207 g/mol. The van der Waals surface area contributed by atoms with Gasteiger partial charge in [0.2, 0.25) is 0 Å². The van der Waals surface area contributed by atoms with Crippen molar-refractivity contribution in [2.24, 2.45) is 11.3 Å².